The van der Waals surface area contributed by atoms with E-state index >= 15 is 0 Å². The van der Waals surface area contributed by atoms with Crippen LogP contribution in [0.3, 0.4) is 0 Å². The highest BCUT2D eigenvalue weighted by molar-refractivity contribution is 7.18. The number of aryl methyl sites for hydroxylation is 3. The molecule has 0 spiro atoms. The first-order valence-corrected chi connectivity index (χ1v) is 5.80. The van der Waals surface area contributed by atoms with Gasteiger partial charge in [-0.25, -0.2) is 4.79 Å². The molecule has 0 aliphatic rings. The summed E-state index contributed by atoms with van der Waals surface area (Å²) in [6, 6.07) is 3.80. The fourth-order valence-corrected chi connectivity index (χ4v) is 1.78. The van der Waals surface area contributed by atoms with Crippen LogP contribution < -0.4 is 0 Å². The minimum atomic E-state index is -0.567. The molecule has 0 saturated heterocycles. The van der Waals surface area contributed by atoms with Gasteiger partial charge in [0.25, 0.3) is 0 Å². The van der Waals surface area contributed by atoms with E-state index in [2.05, 4.69) is 14.0 Å². The van der Waals surface area contributed by atoms with Gasteiger partial charge in [0.2, 0.25) is 0 Å². The lowest BCUT2D eigenvalue weighted by Crippen LogP contribution is -2.15. The summed E-state index contributed by atoms with van der Waals surface area (Å²) in [5.74, 6) is -1.10. The molecule has 4 heteroatoms. The summed E-state index contributed by atoms with van der Waals surface area (Å²) in [4.78, 5) is 22.7. The summed E-state index contributed by atoms with van der Waals surface area (Å²) < 4.78 is 4.69. The Morgan fingerprint density at radius 1 is 1.19 bits per heavy atom. The lowest BCUT2D eigenvalue weighted by Gasteiger charge is -2.09. The third-order valence-corrected chi connectivity index (χ3v) is 2.59. The van der Waals surface area contributed by atoms with Gasteiger partial charge < -0.3 is 4.74 Å². The van der Waals surface area contributed by atoms with Crippen molar-refractivity contribution in [2.75, 3.05) is 6.16 Å². The second kappa shape index (κ2) is 5.22. The van der Waals surface area contributed by atoms with Crippen molar-refractivity contribution in [3.63, 3.8) is 0 Å². The Bertz CT molecular complexity index is 415. The molecule has 1 rings (SSSR count). The van der Waals surface area contributed by atoms with Gasteiger partial charge in [-0.05, 0) is 31.9 Å². The number of carbonyl (C=O) groups is 2. The number of carbonyl (C=O) groups excluding carboxylic acids is 2. The third-order valence-electron chi connectivity index (χ3n) is 2.25. The van der Waals surface area contributed by atoms with Crippen LogP contribution in [-0.4, -0.2) is 18.1 Å². The fraction of sp³-hybridized carbons (Fsp3) is 0.333. The first-order chi connectivity index (χ1) is 7.45. The van der Waals surface area contributed by atoms with Crippen LogP contribution in [0.1, 0.15) is 27.0 Å². The third kappa shape index (κ3) is 2.89. The molecular weight excluding hydrogens is 223 g/mol. The van der Waals surface area contributed by atoms with Gasteiger partial charge in [-0.1, -0.05) is 17.7 Å². The summed E-state index contributed by atoms with van der Waals surface area (Å²) in [6.45, 7) is 5.63. The Morgan fingerprint density at radius 2 is 1.69 bits per heavy atom. The summed E-state index contributed by atoms with van der Waals surface area (Å²) in [7, 11) is 2.23. The van der Waals surface area contributed by atoms with E-state index in [-0.39, 0.29) is 6.16 Å². The van der Waals surface area contributed by atoms with Gasteiger partial charge in [0.05, 0.1) is 11.7 Å². The molecule has 0 aliphatic carbocycles. The number of rotatable bonds is 2. The topological polar surface area (TPSA) is 43.4 Å². The van der Waals surface area contributed by atoms with Crippen LogP contribution in [0.4, 0.5) is 0 Å². The van der Waals surface area contributed by atoms with Gasteiger partial charge in [-0.15, -0.1) is 9.24 Å². The number of ether oxygens (including phenoxy) is 1. The molecule has 0 radical (unpaired) electrons. The second-order valence-electron chi connectivity index (χ2n) is 3.74. The molecule has 1 unspecified atom stereocenters. The summed E-state index contributed by atoms with van der Waals surface area (Å²) in [6.07, 6.45) is 0.121. The lowest BCUT2D eigenvalue weighted by molar-refractivity contribution is -0.134. The zero-order valence-corrected chi connectivity index (χ0v) is 10.8. The minimum absolute atomic E-state index is 0.121. The van der Waals surface area contributed by atoms with Crippen LogP contribution in [0, 0.1) is 20.8 Å². The largest absolute Gasteiger partial charge is 0.389 e. The van der Waals surface area contributed by atoms with Crippen molar-refractivity contribution >= 4 is 21.2 Å². The van der Waals surface area contributed by atoms with Gasteiger partial charge in [-0.2, -0.15) is 0 Å². The number of benzene rings is 1. The molecule has 86 valence electrons. The Balaban J connectivity index is 3.04. The SMILES string of the molecule is Cc1cc(C)c(C(=O)OC(=O)CP)c(C)c1. The monoisotopic (exact) mass is 238 g/mol. The zero-order valence-electron chi connectivity index (χ0n) is 9.66. The molecule has 0 saturated carbocycles. The molecule has 0 heterocycles. The van der Waals surface area contributed by atoms with Crippen LogP contribution in [0.25, 0.3) is 0 Å². The van der Waals surface area contributed by atoms with E-state index in [1.807, 2.05) is 32.9 Å². The molecule has 0 amide bonds. The molecule has 1 aromatic rings. The van der Waals surface area contributed by atoms with Crippen molar-refractivity contribution in [2.45, 2.75) is 20.8 Å². The van der Waals surface area contributed by atoms with E-state index in [0.29, 0.717) is 5.56 Å². The van der Waals surface area contributed by atoms with Crippen LogP contribution in [0.5, 0.6) is 0 Å². The van der Waals surface area contributed by atoms with Gasteiger partial charge in [-0.3, -0.25) is 4.79 Å². The molecule has 0 aromatic heterocycles. The molecule has 0 fully saturated rings. The Labute approximate surface area is 97.4 Å². The molecule has 3 nitrogen and oxygen atoms in total. The van der Waals surface area contributed by atoms with Gasteiger partial charge in [0.1, 0.15) is 0 Å². The second-order valence-corrected chi connectivity index (χ2v) is 4.15. The Morgan fingerprint density at radius 3 is 2.12 bits per heavy atom. The molecular formula is C12H15O3P. The van der Waals surface area contributed by atoms with Crippen LogP contribution in [0.15, 0.2) is 12.1 Å². The van der Waals surface area contributed by atoms with Crippen LogP contribution in [-0.2, 0) is 9.53 Å². The number of hydrogen-bond acceptors (Lipinski definition) is 3. The van der Waals surface area contributed by atoms with Crippen molar-refractivity contribution in [2.24, 2.45) is 0 Å². The van der Waals surface area contributed by atoms with Gasteiger partial charge >= 0.3 is 11.9 Å². The maximum atomic E-state index is 11.7. The highest BCUT2D eigenvalue weighted by Gasteiger charge is 2.16. The summed E-state index contributed by atoms with van der Waals surface area (Å²) >= 11 is 0. The van der Waals surface area contributed by atoms with Crippen molar-refractivity contribution in [3.05, 3.63) is 34.4 Å². The normalized spacial score (nSPS) is 10.0. The highest BCUT2D eigenvalue weighted by Crippen LogP contribution is 2.17. The number of hydrogen-bond donors (Lipinski definition) is 0. The molecule has 0 bridgehead atoms. The van der Waals surface area contributed by atoms with E-state index in [1.54, 1.807) is 0 Å². The van der Waals surface area contributed by atoms with Crippen molar-refractivity contribution in [1.82, 2.24) is 0 Å². The fourth-order valence-electron chi connectivity index (χ4n) is 1.70. The molecule has 0 N–H and O–H groups in total. The average Bonchev–Trinajstić information content (AvgIpc) is 2.15. The van der Waals surface area contributed by atoms with Crippen molar-refractivity contribution < 1.29 is 14.3 Å². The standard InChI is InChI=1S/C12H15O3P/c1-7-4-8(2)11(9(3)5-7)12(14)15-10(13)6-16/h4-5H,6,16H2,1-3H3. The molecule has 16 heavy (non-hydrogen) atoms. The average molecular weight is 238 g/mol. The van der Waals surface area contributed by atoms with Crippen molar-refractivity contribution in [1.29, 1.82) is 0 Å². The smallest absolute Gasteiger partial charge is 0.346 e. The van der Waals surface area contributed by atoms with Crippen LogP contribution in [0.2, 0.25) is 0 Å². The first-order valence-electron chi connectivity index (χ1n) is 4.98. The van der Waals surface area contributed by atoms with E-state index < -0.39 is 11.9 Å². The summed E-state index contributed by atoms with van der Waals surface area (Å²) in [5.41, 5.74) is 3.24. The predicted octanol–water partition coefficient (Wildman–Crippen LogP) is 2.17. The molecule has 1 atom stereocenters. The van der Waals surface area contributed by atoms with Gasteiger partial charge in [0.15, 0.2) is 0 Å². The van der Waals surface area contributed by atoms with Crippen molar-refractivity contribution in [3.8, 4) is 0 Å². The van der Waals surface area contributed by atoms with E-state index in [0.717, 1.165) is 16.7 Å². The maximum Gasteiger partial charge on any atom is 0.346 e. The predicted molar refractivity (Wildman–Crippen MR) is 65.7 cm³/mol. The zero-order chi connectivity index (χ0) is 12.3. The van der Waals surface area contributed by atoms with Gasteiger partial charge in [0, 0.05) is 0 Å². The quantitative estimate of drug-likeness (QED) is 0.450. The Kier molecular flexibility index (Phi) is 4.19. The number of esters is 2. The first kappa shape index (κ1) is 12.9. The van der Waals surface area contributed by atoms with E-state index in [4.69, 9.17) is 0 Å². The highest BCUT2D eigenvalue weighted by atomic mass is 31.0. The van der Waals surface area contributed by atoms with E-state index in [9.17, 15) is 9.59 Å². The van der Waals surface area contributed by atoms with E-state index in [1.165, 1.54) is 0 Å². The molecule has 1 aromatic carbocycles. The van der Waals surface area contributed by atoms with Crippen LogP contribution >= 0.6 is 9.24 Å². The minimum Gasteiger partial charge on any atom is -0.389 e. The molecule has 0 aliphatic heterocycles. The lowest BCUT2D eigenvalue weighted by atomic mass is 10.00. The maximum absolute atomic E-state index is 11.7. The Hall–Kier alpha value is -1.21. The summed E-state index contributed by atoms with van der Waals surface area (Å²) in [5, 5.41) is 0.